The molecule has 0 atom stereocenters. The van der Waals surface area contributed by atoms with Crippen LogP contribution in [0.2, 0.25) is 0 Å². The first-order valence-corrected chi connectivity index (χ1v) is 6.85. The van der Waals surface area contributed by atoms with Crippen molar-refractivity contribution in [1.29, 1.82) is 0 Å². The summed E-state index contributed by atoms with van der Waals surface area (Å²) in [5.41, 5.74) is 2.25. The van der Waals surface area contributed by atoms with Gasteiger partial charge in [0.25, 0.3) is 0 Å². The fraction of sp³-hybridized carbons (Fsp3) is 0.0588. The standard InChI is InChI=1S/C17H14FN3O/c18-14-4-1-3-13(11-14)12-17(22)20-15-5-7-16(8-6-15)21-10-2-9-19-21/h1-11H,12H2,(H,20,22). The minimum Gasteiger partial charge on any atom is -0.326 e. The number of benzene rings is 2. The molecule has 0 saturated heterocycles. The molecule has 0 radical (unpaired) electrons. The molecule has 3 rings (SSSR count). The number of nitrogens with zero attached hydrogens (tertiary/aromatic N) is 2. The summed E-state index contributed by atoms with van der Waals surface area (Å²) in [6.07, 6.45) is 3.69. The van der Waals surface area contributed by atoms with Crippen molar-refractivity contribution in [3.8, 4) is 5.69 Å². The molecule has 5 heteroatoms. The highest BCUT2D eigenvalue weighted by Crippen LogP contribution is 2.13. The summed E-state index contributed by atoms with van der Waals surface area (Å²) in [4.78, 5) is 12.0. The SMILES string of the molecule is O=C(Cc1cccc(F)c1)Nc1ccc(-n2cccn2)cc1. The number of halogens is 1. The predicted molar refractivity (Wildman–Crippen MR) is 82.3 cm³/mol. The topological polar surface area (TPSA) is 46.9 Å². The number of carbonyl (C=O) groups excluding carboxylic acids is 1. The number of hydrogen-bond donors (Lipinski definition) is 1. The Morgan fingerprint density at radius 2 is 1.95 bits per heavy atom. The fourth-order valence-corrected chi connectivity index (χ4v) is 2.16. The van der Waals surface area contributed by atoms with Crippen LogP contribution < -0.4 is 5.32 Å². The molecule has 1 N–H and O–H groups in total. The largest absolute Gasteiger partial charge is 0.326 e. The first-order chi connectivity index (χ1) is 10.7. The van der Waals surface area contributed by atoms with Crippen molar-refractivity contribution in [3.05, 3.63) is 78.4 Å². The number of aromatic nitrogens is 2. The van der Waals surface area contributed by atoms with Crippen LogP contribution in [-0.2, 0) is 11.2 Å². The van der Waals surface area contributed by atoms with E-state index >= 15 is 0 Å². The number of rotatable bonds is 4. The molecule has 0 saturated carbocycles. The van der Waals surface area contributed by atoms with Crippen LogP contribution in [-0.4, -0.2) is 15.7 Å². The molecular formula is C17H14FN3O. The zero-order valence-electron chi connectivity index (χ0n) is 11.7. The third-order valence-corrected chi connectivity index (χ3v) is 3.17. The van der Waals surface area contributed by atoms with Crippen LogP contribution in [0.3, 0.4) is 0 Å². The number of anilines is 1. The highest BCUT2D eigenvalue weighted by Gasteiger charge is 2.05. The molecule has 4 nitrogen and oxygen atoms in total. The molecule has 0 spiro atoms. The summed E-state index contributed by atoms with van der Waals surface area (Å²) >= 11 is 0. The quantitative estimate of drug-likeness (QED) is 0.803. The van der Waals surface area contributed by atoms with Gasteiger partial charge in [0.05, 0.1) is 12.1 Å². The summed E-state index contributed by atoms with van der Waals surface area (Å²) in [6, 6.07) is 15.2. The Labute approximate surface area is 127 Å². The lowest BCUT2D eigenvalue weighted by Crippen LogP contribution is -2.14. The predicted octanol–water partition coefficient (Wildman–Crippen LogP) is 3.19. The Bertz CT molecular complexity index is 767. The van der Waals surface area contributed by atoms with Gasteiger partial charge in [0.2, 0.25) is 5.91 Å². The van der Waals surface area contributed by atoms with Crippen LogP contribution in [0.1, 0.15) is 5.56 Å². The van der Waals surface area contributed by atoms with E-state index in [0.717, 1.165) is 5.69 Å². The van der Waals surface area contributed by atoms with Gasteiger partial charge in [-0.25, -0.2) is 9.07 Å². The number of amides is 1. The number of hydrogen-bond acceptors (Lipinski definition) is 2. The molecule has 0 unspecified atom stereocenters. The molecular weight excluding hydrogens is 281 g/mol. The van der Waals surface area contributed by atoms with E-state index in [4.69, 9.17) is 0 Å². The Hall–Kier alpha value is -2.95. The Balaban J connectivity index is 1.64. The van der Waals surface area contributed by atoms with Crippen LogP contribution in [0.4, 0.5) is 10.1 Å². The van der Waals surface area contributed by atoms with E-state index in [1.54, 1.807) is 35.1 Å². The molecule has 2 aromatic carbocycles. The minimum absolute atomic E-state index is 0.138. The van der Waals surface area contributed by atoms with Gasteiger partial charge in [-0.15, -0.1) is 0 Å². The van der Waals surface area contributed by atoms with E-state index in [9.17, 15) is 9.18 Å². The summed E-state index contributed by atoms with van der Waals surface area (Å²) in [6.45, 7) is 0. The smallest absolute Gasteiger partial charge is 0.228 e. The van der Waals surface area contributed by atoms with Crippen molar-refractivity contribution in [2.75, 3.05) is 5.32 Å². The van der Waals surface area contributed by atoms with Gasteiger partial charge in [0.15, 0.2) is 0 Å². The van der Waals surface area contributed by atoms with Gasteiger partial charge in [0.1, 0.15) is 5.82 Å². The molecule has 1 heterocycles. The Morgan fingerprint density at radius 3 is 2.64 bits per heavy atom. The molecule has 1 amide bonds. The summed E-state index contributed by atoms with van der Waals surface area (Å²) < 4.78 is 14.8. The van der Waals surface area contributed by atoms with Crippen LogP contribution in [0, 0.1) is 5.82 Å². The summed E-state index contributed by atoms with van der Waals surface area (Å²) in [5.74, 6) is -0.522. The lowest BCUT2D eigenvalue weighted by atomic mass is 10.1. The van der Waals surface area contributed by atoms with Crippen molar-refractivity contribution in [2.45, 2.75) is 6.42 Å². The second kappa shape index (κ2) is 6.22. The van der Waals surface area contributed by atoms with E-state index in [1.807, 2.05) is 24.4 Å². The maximum Gasteiger partial charge on any atom is 0.228 e. The van der Waals surface area contributed by atoms with E-state index in [1.165, 1.54) is 12.1 Å². The molecule has 0 aliphatic heterocycles. The Morgan fingerprint density at radius 1 is 1.14 bits per heavy atom. The third-order valence-electron chi connectivity index (χ3n) is 3.17. The van der Waals surface area contributed by atoms with Gasteiger partial charge in [0, 0.05) is 18.1 Å². The fourth-order valence-electron chi connectivity index (χ4n) is 2.16. The zero-order valence-corrected chi connectivity index (χ0v) is 11.7. The van der Waals surface area contributed by atoms with E-state index < -0.39 is 0 Å². The van der Waals surface area contributed by atoms with Crippen LogP contribution >= 0.6 is 0 Å². The van der Waals surface area contributed by atoms with Gasteiger partial charge in [-0.3, -0.25) is 4.79 Å². The lowest BCUT2D eigenvalue weighted by molar-refractivity contribution is -0.115. The minimum atomic E-state index is -0.339. The van der Waals surface area contributed by atoms with Gasteiger partial charge in [-0.05, 0) is 48.0 Å². The second-order valence-corrected chi connectivity index (χ2v) is 4.85. The molecule has 110 valence electrons. The zero-order chi connectivity index (χ0) is 15.4. The maximum absolute atomic E-state index is 13.1. The maximum atomic E-state index is 13.1. The lowest BCUT2D eigenvalue weighted by Gasteiger charge is -2.07. The molecule has 0 aliphatic rings. The first kappa shape index (κ1) is 14.0. The van der Waals surface area contributed by atoms with Crippen molar-refractivity contribution in [2.24, 2.45) is 0 Å². The van der Waals surface area contributed by atoms with Crippen LogP contribution in [0.15, 0.2) is 67.0 Å². The summed E-state index contributed by atoms with van der Waals surface area (Å²) in [7, 11) is 0. The highest BCUT2D eigenvalue weighted by molar-refractivity contribution is 5.92. The molecule has 0 bridgehead atoms. The van der Waals surface area contributed by atoms with Gasteiger partial charge in [-0.2, -0.15) is 5.10 Å². The monoisotopic (exact) mass is 295 g/mol. The van der Waals surface area contributed by atoms with E-state index in [0.29, 0.717) is 11.3 Å². The highest BCUT2D eigenvalue weighted by atomic mass is 19.1. The Kier molecular flexibility index (Phi) is 3.96. The average Bonchev–Trinajstić information content (AvgIpc) is 3.02. The molecule has 0 aliphatic carbocycles. The average molecular weight is 295 g/mol. The van der Waals surface area contributed by atoms with Gasteiger partial charge < -0.3 is 5.32 Å². The van der Waals surface area contributed by atoms with E-state index in [-0.39, 0.29) is 18.1 Å². The summed E-state index contributed by atoms with van der Waals surface area (Å²) in [5, 5.41) is 6.93. The van der Waals surface area contributed by atoms with Gasteiger partial charge in [-0.1, -0.05) is 12.1 Å². The molecule has 3 aromatic rings. The van der Waals surface area contributed by atoms with Crippen molar-refractivity contribution in [1.82, 2.24) is 9.78 Å². The second-order valence-electron chi connectivity index (χ2n) is 4.85. The normalized spacial score (nSPS) is 10.4. The van der Waals surface area contributed by atoms with Crippen molar-refractivity contribution < 1.29 is 9.18 Å². The first-order valence-electron chi connectivity index (χ1n) is 6.85. The van der Waals surface area contributed by atoms with Crippen LogP contribution in [0.25, 0.3) is 5.69 Å². The number of nitrogens with one attached hydrogen (secondary N) is 1. The number of carbonyl (C=O) groups is 1. The van der Waals surface area contributed by atoms with Crippen molar-refractivity contribution >= 4 is 11.6 Å². The third kappa shape index (κ3) is 3.38. The molecule has 22 heavy (non-hydrogen) atoms. The van der Waals surface area contributed by atoms with Gasteiger partial charge >= 0.3 is 0 Å². The van der Waals surface area contributed by atoms with E-state index in [2.05, 4.69) is 10.4 Å². The molecule has 0 fully saturated rings. The van der Waals surface area contributed by atoms with Crippen LogP contribution in [0.5, 0.6) is 0 Å². The van der Waals surface area contributed by atoms with Crippen molar-refractivity contribution in [3.63, 3.8) is 0 Å². The molecule has 1 aromatic heterocycles.